The zero-order chi connectivity index (χ0) is 11.5. The fourth-order valence-corrected chi connectivity index (χ4v) is 3.41. The maximum Gasteiger partial charge on any atom is 0.311 e. The summed E-state index contributed by atoms with van der Waals surface area (Å²) in [6, 6.07) is 6.51. The second-order valence-electron chi connectivity index (χ2n) is 4.03. The van der Waals surface area contributed by atoms with Crippen LogP contribution in [0, 0.1) is 5.92 Å². The summed E-state index contributed by atoms with van der Waals surface area (Å²) in [4.78, 5) is 11.3. The summed E-state index contributed by atoms with van der Waals surface area (Å²) in [5, 5.41) is 18.5. The monoisotopic (exact) mass is 238 g/mol. The van der Waals surface area contributed by atoms with E-state index in [1.807, 2.05) is 11.8 Å². The van der Waals surface area contributed by atoms with Crippen LogP contribution in [0.4, 0.5) is 0 Å². The molecule has 1 aromatic rings. The third kappa shape index (κ3) is 2.32. The van der Waals surface area contributed by atoms with Gasteiger partial charge < -0.3 is 10.2 Å². The summed E-state index contributed by atoms with van der Waals surface area (Å²) in [7, 11) is 0. The lowest BCUT2D eigenvalue weighted by Gasteiger charge is -2.18. The van der Waals surface area contributed by atoms with Crippen LogP contribution in [0.5, 0.6) is 5.75 Å². The first kappa shape index (κ1) is 11.3. The Morgan fingerprint density at radius 2 is 2.06 bits per heavy atom. The van der Waals surface area contributed by atoms with Crippen LogP contribution in [0.1, 0.15) is 17.9 Å². The van der Waals surface area contributed by atoms with Crippen molar-refractivity contribution in [3.63, 3.8) is 0 Å². The number of rotatable bonds is 3. The number of hydrogen-bond acceptors (Lipinski definition) is 3. The molecule has 0 saturated carbocycles. The third-order valence-electron chi connectivity index (χ3n) is 2.95. The van der Waals surface area contributed by atoms with Gasteiger partial charge in [-0.15, -0.1) is 0 Å². The Morgan fingerprint density at radius 3 is 2.56 bits per heavy atom. The predicted molar refractivity (Wildman–Crippen MR) is 63.9 cm³/mol. The Bertz CT molecular complexity index is 368. The van der Waals surface area contributed by atoms with Gasteiger partial charge in [0.05, 0.1) is 5.92 Å². The molecule has 16 heavy (non-hydrogen) atoms. The predicted octanol–water partition coefficient (Wildman–Crippen LogP) is 2.31. The van der Waals surface area contributed by atoms with Crippen LogP contribution in [0.2, 0.25) is 0 Å². The van der Waals surface area contributed by atoms with E-state index in [-0.39, 0.29) is 11.7 Å². The second-order valence-corrected chi connectivity index (χ2v) is 5.18. The van der Waals surface area contributed by atoms with Crippen molar-refractivity contribution in [1.82, 2.24) is 0 Å². The number of phenols is 1. The molecular weight excluding hydrogens is 224 g/mol. The lowest BCUT2D eigenvalue weighted by Crippen LogP contribution is -2.21. The van der Waals surface area contributed by atoms with Gasteiger partial charge in [-0.25, -0.2) is 0 Å². The van der Waals surface area contributed by atoms with E-state index in [2.05, 4.69) is 0 Å². The molecule has 2 rings (SSSR count). The maximum atomic E-state index is 11.3. The molecular formula is C12H14O3S. The van der Waals surface area contributed by atoms with Crippen LogP contribution < -0.4 is 0 Å². The molecule has 3 nitrogen and oxygen atoms in total. The van der Waals surface area contributed by atoms with Crippen molar-refractivity contribution in [2.45, 2.75) is 12.3 Å². The van der Waals surface area contributed by atoms with E-state index >= 15 is 0 Å². The molecule has 0 amide bonds. The van der Waals surface area contributed by atoms with Gasteiger partial charge in [0, 0.05) is 0 Å². The van der Waals surface area contributed by atoms with E-state index in [0.29, 0.717) is 0 Å². The van der Waals surface area contributed by atoms with E-state index < -0.39 is 11.9 Å². The lowest BCUT2D eigenvalue weighted by molar-refractivity contribution is -0.140. The van der Waals surface area contributed by atoms with Gasteiger partial charge in [0.1, 0.15) is 5.75 Å². The SMILES string of the molecule is O=C(O)C(c1ccc(O)cc1)C1CCSC1. The normalized spacial score (nSPS) is 21.9. The van der Waals surface area contributed by atoms with Crippen molar-refractivity contribution in [2.75, 3.05) is 11.5 Å². The van der Waals surface area contributed by atoms with Gasteiger partial charge in [-0.1, -0.05) is 12.1 Å². The van der Waals surface area contributed by atoms with Gasteiger partial charge in [0.25, 0.3) is 0 Å². The minimum absolute atomic E-state index is 0.175. The van der Waals surface area contributed by atoms with Crippen LogP contribution in [0.15, 0.2) is 24.3 Å². The van der Waals surface area contributed by atoms with Crippen LogP contribution >= 0.6 is 11.8 Å². The first-order chi connectivity index (χ1) is 7.68. The zero-order valence-corrected chi connectivity index (χ0v) is 9.61. The van der Waals surface area contributed by atoms with Gasteiger partial charge in [-0.05, 0) is 41.5 Å². The minimum Gasteiger partial charge on any atom is -0.508 e. The van der Waals surface area contributed by atoms with Crippen LogP contribution in [-0.2, 0) is 4.79 Å². The van der Waals surface area contributed by atoms with Gasteiger partial charge in [0.2, 0.25) is 0 Å². The van der Waals surface area contributed by atoms with E-state index in [4.69, 9.17) is 0 Å². The molecule has 1 aliphatic heterocycles. The van der Waals surface area contributed by atoms with Gasteiger partial charge >= 0.3 is 5.97 Å². The molecule has 4 heteroatoms. The Morgan fingerprint density at radius 1 is 1.38 bits per heavy atom. The largest absolute Gasteiger partial charge is 0.508 e. The molecule has 86 valence electrons. The highest BCUT2D eigenvalue weighted by molar-refractivity contribution is 7.99. The summed E-state index contributed by atoms with van der Waals surface area (Å²) in [6.07, 6.45) is 0.961. The number of aliphatic carboxylic acids is 1. The molecule has 0 spiro atoms. The lowest BCUT2D eigenvalue weighted by atomic mass is 9.86. The van der Waals surface area contributed by atoms with Crippen LogP contribution in [-0.4, -0.2) is 27.7 Å². The molecule has 2 atom stereocenters. The molecule has 1 saturated heterocycles. The minimum atomic E-state index is -0.766. The Kier molecular flexibility index (Phi) is 3.39. The average molecular weight is 238 g/mol. The fraction of sp³-hybridized carbons (Fsp3) is 0.417. The quantitative estimate of drug-likeness (QED) is 0.848. The third-order valence-corrected chi connectivity index (χ3v) is 4.14. The first-order valence-corrected chi connectivity index (χ1v) is 6.43. The number of carboxylic acid groups (broad SMARTS) is 1. The molecule has 2 unspecified atom stereocenters. The molecule has 1 aliphatic rings. The number of hydrogen-bond donors (Lipinski definition) is 2. The molecule has 1 heterocycles. The average Bonchev–Trinajstić information content (AvgIpc) is 2.74. The second kappa shape index (κ2) is 4.78. The molecule has 0 aromatic heterocycles. The Balaban J connectivity index is 2.24. The Hall–Kier alpha value is -1.16. The summed E-state index contributed by atoms with van der Waals surface area (Å²) in [5.74, 6) is 1.15. The van der Waals surface area contributed by atoms with Gasteiger partial charge in [0.15, 0.2) is 0 Å². The van der Waals surface area contributed by atoms with E-state index in [9.17, 15) is 15.0 Å². The Labute approximate surface area is 98.5 Å². The van der Waals surface area contributed by atoms with Crippen LogP contribution in [0.25, 0.3) is 0 Å². The summed E-state index contributed by atoms with van der Waals surface area (Å²) >= 11 is 1.81. The molecule has 2 N–H and O–H groups in total. The van der Waals surface area contributed by atoms with Crippen molar-refractivity contribution < 1.29 is 15.0 Å². The number of carbonyl (C=O) groups is 1. The molecule has 0 radical (unpaired) electrons. The summed E-state index contributed by atoms with van der Waals surface area (Å²) < 4.78 is 0. The maximum absolute atomic E-state index is 11.3. The van der Waals surface area contributed by atoms with Crippen molar-refractivity contribution in [3.8, 4) is 5.75 Å². The topological polar surface area (TPSA) is 57.5 Å². The molecule has 1 fully saturated rings. The number of benzene rings is 1. The van der Waals surface area contributed by atoms with Crippen molar-refractivity contribution in [1.29, 1.82) is 0 Å². The zero-order valence-electron chi connectivity index (χ0n) is 8.80. The number of thioether (sulfide) groups is 1. The summed E-state index contributed by atoms with van der Waals surface area (Å²) in [5.41, 5.74) is 0.790. The van der Waals surface area contributed by atoms with Gasteiger partial charge in [-0.2, -0.15) is 11.8 Å². The van der Waals surface area contributed by atoms with Crippen molar-refractivity contribution in [2.24, 2.45) is 5.92 Å². The van der Waals surface area contributed by atoms with Crippen LogP contribution in [0.3, 0.4) is 0 Å². The highest BCUT2D eigenvalue weighted by Crippen LogP contribution is 2.36. The smallest absolute Gasteiger partial charge is 0.311 e. The highest BCUT2D eigenvalue weighted by atomic mass is 32.2. The molecule has 1 aromatic carbocycles. The fourth-order valence-electron chi connectivity index (χ4n) is 2.11. The molecule has 0 bridgehead atoms. The first-order valence-electron chi connectivity index (χ1n) is 5.28. The number of carboxylic acids is 1. The van der Waals surface area contributed by atoms with E-state index in [1.165, 1.54) is 0 Å². The standard InChI is InChI=1S/C12H14O3S/c13-10-3-1-8(2-4-10)11(12(14)15)9-5-6-16-7-9/h1-4,9,11,13H,5-7H2,(H,14,15). The molecule has 0 aliphatic carbocycles. The van der Waals surface area contributed by atoms with Crippen molar-refractivity contribution >= 4 is 17.7 Å². The summed E-state index contributed by atoms with van der Waals surface area (Å²) in [6.45, 7) is 0. The van der Waals surface area contributed by atoms with Crippen molar-refractivity contribution in [3.05, 3.63) is 29.8 Å². The highest BCUT2D eigenvalue weighted by Gasteiger charge is 2.32. The number of aromatic hydroxyl groups is 1. The van der Waals surface area contributed by atoms with Gasteiger partial charge in [-0.3, -0.25) is 4.79 Å². The van der Waals surface area contributed by atoms with E-state index in [0.717, 1.165) is 23.5 Å². The van der Waals surface area contributed by atoms with E-state index in [1.54, 1.807) is 24.3 Å². The number of phenolic OH excluding ortho intramolecular Hbond substituents is 1.